The molecule has 1 atom stereocenters. The van der Waals surface area contributed by atoms with Crippen LogP contribution in [-0.4, -0.2) is 28.3 Å². The Morgan fingerprint density at radius 1 is 1.17 bits per heavy atom. The summed E-state index contributed by atoms with van der Waals surface area (Å²) in [5, 5.41) is 5.20. The first-order valence-electron chi connectivity index (χ1n) is 7.16. The van der Waals surface area contributed by atoms with E-state index in [4.69, 9.17) is 4.74 Å². The lowest BCUT2D eigenvalue weighted by atomic mass is 10.3. The third-order valence-electron chi connectivity index (χ3n) is 4.22. The topological polar surface area (TPSA) is 21.3 Å². The highest BCUT2D eigenvalue weighted by Gasteiger charge is 2.34. The van der Waals surface area contributed by atoms with Gasteiger partial charge in [-0.05, 0) is 37.7 Å². The number of hydrogen-bond donors (Lipinski definition) is 1. The van der Waals surface area contributed by atoms with Crippen LogP contribution in [0.3, 0.4) is 0 Å². The van der Waals surface area contributed by atoms with Crippen molar-refractivity contribution in [3.8, 4) is 5.75 Å². The fourth-order valence-electron chi connectivity index (χ4n) is 3.24. The molecule has 0 aromatic heterocycles. The van der Waals surface area contributed by atoms with Gasteiger partial charge in [0.25, 0.3) is 0 Å². The van der Waals surface area contributed by atoms with Gasteiger partial charge < -0.3 is 10.1 Å². The molecular formula is C15H25NOSi. The summed E-state index contributed by atoms with van der Waals surface area (Å²) in [4.78, 5) is 0. The van der Waals surface area contributed by atoms with E-state index in [0.29, 0.717) is 0 Å². The first-order valence-corrected chi connectivity index (χ1v) is 9.78. The average Bonchev–Trinajstić information content (AvgIpc) is 2.66. The third-order valence-corrected chi connectivity index (χ3v) is 9.75. The van der Waals surface area contributed by atoms with Crippen LogP contribution in [0.4, 0.5) is 0 Å². The van der Waals surface area contributed by atoms with Crippen molar-refractivity contribution in [1.29, 1.82) is 0 Å². The molecule has 1 aromatic rings. The van der Waals surface area contributed by atoms with Gasteiger partial charge in [0, 0.05) is 0 Å². The van der Waals surface area contributed by atoms with Crippen molar-refractivity contribution in [3.63, 3.8) is 0 Å². The van der Waals surface area contributed by atoms with E-state index >= 15 is 0 Å². The van der Waals surface area contributed by atoms with E-state index in [2.05, 4.69) is 36.5 Å². The highest BCUT2D eigenvalue weighted by Crippen LogP contribution is 2.26. The number of ether oxygens (including phenoxy) is 1. The Labute approximate surface area is 112 Å². The fraction of sp³-hybridized carbons (Fsp3) is 0.600. The molecule has 1 aliphatic heterocycles. The zero-order chi connectivity index (χ0) is 12.8. The Balaban J connectivity index is 2.26. The lowest BCUT2D eigenvalue weighted by Gasteiger charge is -2.31. The summed E-state index contributed by atoms with van der Waals surface area (Å²) < 4.78 is 5.28. The molecular weight excluding hydrogens is 238 g/mol. The summed E-state index contributed by atoms with van der Waals surface area (Å²) >= 11 is 0. The van der Waals surface area contributed by atoms with E-state index in [1.807, 2.05) is 0 Å². The molecule has 1 saturated heterocycles. The minimum atomic E-state index is -1.26. The van der Waals surface area contributed by atoms with E-state index in [0.717, 1.165) is 5.75 Å². The largest absolute Gasteiger partial charge is 0.497 e. The second-order valence-electron chi connectivity index (χ2n) is 5.36. The summed E-state index contributed by atoms with van der Waals surface area (Å²) in [5.41, 5.74) is 0. The van der Waals surface area contributed by atoms with Crippen LogP contribution in [-0.2, 0) is 0 Å². The Hall–Kier alpha value is -0.803. The number of rotatable bonds is 4. The van der Waals surface area contributed by atoms with Crippen molar-refractivity contribution in [1.82, 2.24) is 5.32 Å². The van der Waals surface area contributed by atoms with Crippen LogP contribution >= 0.6 is 0 Å². The Morgan fingerprint density at radius 2 is 1.94 bits per heavy atom. The van der Waals surface area contributed by atoms with Gasteiger partial charge in [-0.1, -0.05) is 42.8 Å². The van der Waals surface area contributed by atoms with Crippen molar-refractivity contribution in [2.75, 3.05) is 20.2 Å². The lowest BCUT2D eigenvalue weighted by Crippen LogP contribution is -2.47. The highest BCUT2D eigenvalue weighted by atomic mass is 28.3. The predicted molar refractivity (Wildman–Crippen MR) is 80.6 cm³/mol. The second-order valence-corrected chi connectivity index (χ2v) is 10.0. The summed E-state index contributed by atoms with van der Waals surface area (Å²) in [7, 11) is 0.477. The van der Waals surface area contributed by atoms with E-state index in [9.17, 15) is 0 Å². The molecule has 1 aromatic carbocycles. The number of benzene rings is 1. The zero-order valence-corrected chi connectivity index (χ0v) is 12.7. The molecule has 0 spiro atoms. The minimum Gasteiger partial charge on any atom is -0.497 e. The molecule has 3 heteroatoms. The molecule has 1 aliphatic rings. The molecule has 1 N–H and O–H groups in total. The van der Waals surface area contributed by atoms with Crippen molar-refractivity contribution in [2.45, 2.75) is 37.9 Å². The van der Waals surface area contributed by atoms with Gasteiger partial charge in [-0.25, -0.2) is 0 Å². The third kappa shape index (κ3) is 2.95. The molecule has 1 heterocycles. The molecule has 0 bridgehead atoms. The monoisotopic (exact) mass is 263 g/mol. The standard InChI is InChI=1S/C15H25NOSi/c1-3-11-18(12-4-9-16-10-13-18)15-7-5-14(17-2)6-8-15/h5-8,16H,3-4,9-13H2,1-2H3. The number of hydrogen-bond acceptors (Lipinski definition) is 2. The van der Waals surface area contributed by atoms with Crippen LogP contribution in [0.5, 0.6) is 5.75 Å². The lowest BCUT2D eigenvalue weighted by molar-refractivity contribution is 0.415. The van der Waals surface area contributed by atoms with Crippen LogP contribution in [0.2, 0.25) is 18.1 Å². The zero-order valence-electron chi connectivity index (χ0n) is 11.7. The summed E-state index contributed by atoms with van der Waals surface area (Å²) in [6, 6.07) is 13.2. The minimum absolute atomic E-state index is 0.978. The molecule has 100 valence electrons. The average molecular weight is 263 g/mol. The van der Waals surface area contributed by atoms with Crippen molar-refractivity contribution in [3.05, 3.63) is 24.3 Å². The Kier molecular flexibility index (Phi) is 4.84. The SMILES string of the molecule is CCC[Si]1(c2ccc(OC)cc2)CCCNCC1. The van der Waals surface area contributed by atoms with Crippen LogP contribution in [0, 0.1) is 0 Å². The van der Waals surface area contributed by atoms with Crippen molar-refractivity contribution in [2.24, 2.45) is 0 Å². The molecule has 1 unspecified atom stereocenters. The van der Waals surface area contributed by atoms with Crippen LogP contribution < -0.4 is 15.2 Å². The van der Waals surface area contributed by atoms with E-state index in [1.165, 1.54) is 44.1 Å². The van der Waals surface area contributed by atoms with Gasteiger partial charge in [-0.15, -0.1) is 0 Å². The maximum atomic E-state index is 5.28. The quantitative estimate of drug-likeness (QED) is 0.844. The van der Waals surface area contributed by atoms with Crippen LogP contribution in [0.25, 0.3) is 0 Å². The number of nitrogens with one attached hydrogen (secondary N) is 1. The van der Waals surface area contributed by atoms with Crippen molar-refractivity contribution >= 4 is 13.3 Å². The fourth-order valence-corrected chi connectivity index (χ4v) is 8.19. The Bertz CT molecular complexity index is 355. The summed E-state index contributed by atoms with van der Waals surface area (Å²) in [6.07, 6.45) is 2.66. The predicted octanol–water partition coefficient (Wildman–Crippen LogP) is 2.75. The summed E-state index contributed by atoms with van der Waals surface area (Å²) in [5.74, 6) is 0.978. The van der Waals surface area contributed by atoms with Gasteiger partial charge >= 0.3 is 0 Å². The molecule has 2 nitrogen and oxygen atoms in total. The van der Waals surface area contributed by atoms with Crippen LogP contribution in [0.1, 0.15) is 19.8 Å². The van der Waals surface area contributed by atoms with Gasteiger partial charge in [0.1, 0.15) is 5.75 Å². The molecule has 0 amide bonds. The first-order chi connectivity index (χ1) is 8.80. The van der Waals surface area contributed by atoms with Gasteiger partial charge in [0.05, 0.1) is 15.2 Å². The molecule has 1 fully saturated rings. The normalized spacial score (nSPS) is 24.6. The summed E-state index contributed by atoms with van der Waals surface area (Å²) in [6.45, 7) is 4.74. The van der Waals surface area contributed by atoms with E-state index < -0.39 is 8.07 Å². The molecule has 18 heavy (non-hydrogen) atoms. The maximum Gasteiger partial charge on any atom is 0.118 e. The van der Waals surface area contributed by atoms with Gasteiger partial charge in [-0.2, -0.15) is 0 Å². The smallest absolute Gasteiger partial charge is 0.118 e. The van der Waals surface area contributed by atoms with E-state index in [1.54, 1.807) is 12.3 Å². The second kappa shape index (κ2) is 6.39. The molecule has 0 saturated carbocycles. The highest BCUT2D eigenvalue weighted by molar-refractivity contribution is 6.92. The molecule has 2 rings (SSSR count). The number of methoxy groups -OCH3 is 1. The maximum absolute atomic E-state index is 5.28. The van der Waals surface area contributed by atoms with Crippen molar-refractivity contribution < 1.29 is 4.74 Å². The van der Waals surface area contributed by atoms with E-state index in [-0.39, 0.29) is 0 Å². The van der Waals surface area contributed by atoms with Crippen LogP contribution in [0.15, 0.2) is 24.3 Å². The molecule has 0 radical (unpaired) electrons. The van der Waals surface area contributed by atoms with Gasteiger partial charge in [0.15, 0.2) is 0 Å². The molecule has 0 aliphatic carbocycles. The first kappa shape index (κ1) is 13.6. The van der Waals surface area contributed by atoms with Gasteiger partial charge in [0.2, 0.25) is 0 Å². The Morgan fingerprint density at radius 3 is 2.61 bits per heavy atom. The van der Waals surface area contributed by atoms with Gasteiger partial charge in [-0.3, -0.25) is 0 Å².